The molecule has 1 fully saturated rings. The number of nitrogens with zero attached hydrogens (tertiary/aromatic N) is 1. The molecule has 0 amide bonds. The molecule has 1 rings (SSSR count). The summed E-state index contributed by atoms with van der Waals surface area (Å²) in [4.78, 5) is 15.9. The molecule has 1 unspecified atom stereocenters. The maximum Gasteiger partial charge on any atom is 0.135 e. The molecule has 0 aliphatic carbocycles. The van der Waals surface area contributed by atoms with Gasteiger partial charge in [0, 0.05) is 25.4 Å². The fraction of sp³-hybridized carbons (Fsp3) is 0.857. The molecule has 0 aromatic rings. The third-order valence-corrected chi connectivity index (χ3v) is 1.86. The van der Waals surface area contributed by atoms with E-state index in [-0.39, 0.29) is 6.04 Å². The van der Waals surface area contributed by atoms with Gasteiger partial charge in [0.05, 0.1) is 7.11 Å². The number of Topliss-reactive ketones (excluding diaryl/α,β-unsaturated/α-hetero) is 1. The van der Waals surface area contributed by atoms with Gasteiger partial charge in [0.2, 0.25) is 0 Å². The summed E-state index contributed by atoms with van der Waals surface area (Å²) >= 11 is 0. The zero-order valence-electron chi connectivity index (χ0n) is 6.46. The fourth-order valence-corrected chi connectivity index (χ4v) is 1.26. The van der Waals surface area contributed by atoms with E-state index in [1.54, 1.807) is 7.11 Å². The Morgan fingerprint density at radius 3 is 2.90 bits per heavy atom. The number of carbonyl (C=O) groups is 1. The van der Waals surface area contributed by atoms with Crippen LogP contribution in [-0.4, -0.2) is 30.5 Å². The molecule has 1 aliphatic heterocycles. The van der Waals surface area contributed by atoms with Gasteiger partial charge in [-0.2, -0.15) is 5.06 Å². The molecule has 0 radical (unpaired) electrons. The summed E-state index contributed by atoms with van der Waals surface area (Å²) in [6.45, 7) is 2.75. The first-order chi connectivity index (χ1) is 4.74. The second kappa shape index (κ2) is 3.12. The average molecular weight is 143 g/mol. The van der Waals surface area contributed by atoms with E-state index in [1.165, 1.54) is 0 Å². The number of piperidine rings is 1. The van der Waals surface area contributed by atoms with Crippen molar-refractivity contribution in [3.63, 3.8) is 0 Å². The third kappa shape index (κ3) is 1.55. The van der Waals surface area contributed by atoms with E-state index in [1.807, 2.05) is 12.0 Å². The summed E-state index contributed by atoms with van der Waals surface area (Å²) in [5.41, 5.74) is 0. The molecule has 0 N–H and O–H groups in total. The molecule has 1 heterocycles. The molecule has 0 saturated carbocycles. The van der Waals surface area contributed by atoms with Gasteiger partial charge in [0.15, 0.2) is 0 Å². The average Bonchev–Trinajstić information content (AvgIpc) is 1.88. The number of rotatable bonds is 1. The molecule has 3 nitrogen and oxygen atoms in total. The Bertz CT molecular complexity index is 136. The maximum atomic E-state index is 10.9. The highest BCUT2D eigenvalue weighted by Gasteiger charge is 2.22. The Labute approximate surface area is 60.9 Å². The lowest BCUT2D eigenvalue weighted by atomic mass is 10.1. The number of hydroxylamine groups is 2. The van der Waals surface area contributed by atoms with Gasteiger partial charge in [-0.1, -0.05) is 0 Å². The topological polar surface area (TPSA) is 29.5 Å². The van der Waals surface area contributed by atoms with E-state index >= 15 is 0 Å². The van der Waals surface area contributed by atoms with E-state index in [0.717, 1.165) is 6.54 Å². The first kappa shape index (κ1) is 7.69. The van der Waals surface area contributed by atoms with Gasteiger partial charge >= 0.3 is 0 Å². The summed E-state index contributed by atoms with van der Waals surface area (Å²) in [6.07, 6.45) is 1.27. The van der Waals surface area contributed by atoms with Crippen LogP contribution in [0.15, 0.2) is 0 Å². The summed E-state index contributed by atoms with van der Waals surface area (Å²) in [6, 6.07) is 0.256. The first-order valence-electron chi connectivity index (χ1n) is 3.56. The van der Waals surface area contributed by atoms with Crippen LogP contribution in [0.1, 0.15) is 19.8 Å². The summed E-state index contributed by atoms with van der Waals surface area (Å²) in [7, 11) is 1.65. The molecule has 0 spiro atoms. The Balaban J connectivity index is 2.43. The quantitative estimate of drug-likeness (QED) is 0.538. The van der Waals surface area contributed by atoms with E-state index < -0.39 is 0 Å². The van der Waals surface area contributed by atoms with Crippen molar-refractivity contribution < 1.29 is 9.63 Å². The van der Waals surface area contributed by atoms with Gasteiger partial charge < -0.3 is 4.84 Å². The molecular formula is C7H13NO2. The highest BCUT2D eigenvalue weighted by atomic mass is 16.7. The van der Waals surface area contributed by atoms with Crippen molar-refractivity contribution in [1.82, 2.24) is 5.06 Å². The van der Waals surface area contributed by atoms with Crippen LogP contribution in [0.4, 0.5) is 0 Å². The molecule has 0 aromatic heterocycles. The predicted octanol–water partition coefficient (Wildman–Crippen LogP) is 0.601. The standard InChI is InChI=1S/C7H13NO2/c1-6-5-7(9)3-4-8(6)10-2/h6H,3-5H2,1-2H3. The van der Waals surface area contributed by atoms with Gasteiger partial charge in [0.1, 0.15) is 5.78 Å². The van der Waals surface area contributed by atoms with E-state index in [4.69, 9.17) is 4.84 Å². The lowest BCUT2D eigenvalue weighted by molar-refractivity contribution is -0.174. The number of ketones is 1. The van der Waals surface area contributed by atoms with Crippen LogP contribution in [0, 0.1) is 0 Å². The first-order valence-corrected chi connectivity index (χ1v) is 3.56. The molecule has 0 aromatic carbocycles. The Hall–Kier alpha value is -0.410. The fourth-order valence-electron chi connectivity index (χ4n) is 1.26. The molecule has 1 aliphatic rings. The number of carbonyl (C=O) groups excluding carboxylic acids is 1. The molecular weight excluding hydrogens is 130 g/mol. The van der Waals surface area contributed by atoms with Gasteiger partial charge in [-0.25, -0.2) is 0 Å². The monoisotopic (exact) mass is 143 g/mol. The SMILES string of the molecule is CON1CCC(=O)CC1C. The van der Waals surface area contributed by atoms with Crippen LogP contribution in [0.3, 0.4) is 0 Å². The number of hydrogen-bond acceptors (Lipinski definition) is 3. The van der Waals surface area contributed by atoms with Crippen molar-refractivity contribution in [3.05, 3.63) is 0 Å². The zero-order valence-corrected chi connectivity index (χ0v) is 6.46. The maximum absolute atomic E-state index is 10.9. The highest BCUT2D eigenvalue weighted by Crippen LogP contribution is 2.12. The predicted molar refractivity (Wildman–Crippen MR) is 37.4 cm³/mol. The Morgan fingerprint density at radius 1 is 1.70 bits per heavy atom. The molecule has 3 heteroatoms. The summed E-state index contributed by atoms with van der Waals surface area (Å²) in [5.74, 6) is 0.348. The third-order valence-electron chi connectivity index (χ3n) is 1.86. The summed E-state index contributed by atoms with van der Waals surface area (Å²) < 4.78 is 0. The number of hydrogen-bond donors (Lipinski definition) is 0. The van der Waals surface area contributed by atoms with Crippen molar-refractivity contribution in [2.24, 2.45) is 0 Å². The molecule has 10 heavy (non-hydrogen) atoms. The largest absolute Gasteiger partial charge is 0.302 e. The van der Waals surface area contributed by atoms with E-state index in [0.29, 0.717) is 18.6 Å². The normalized spacial score (nSPS) is 29.0. The van der Waals surface area contributed by atoms with Gasteiger partial charge in [-0.3, -0.25) is 4.79 Å². The van der Waals surface area contributed by atoms with E-state index in [2.05, 4.69) is 0 Å². The molecule has 0 bridgehead atoms. The van der Waals surface area contributed by atoms with Crippen LogP contribution in [-0.2, 0) is 9.63 Å². The Morgan fingerprint density at radius 2 is 2.40 bits per heavy atom. The van der Waals surface area contributed by atoms with Gasteiger partial charge in [-0.05, 0) is 6.92 Å². The lowest BCUT2D eigenvalue weighted by Gasteiger charge is -2.29. The van der Waals surface area contributed by atoms with Crippen LogP contribution < -0.4 is 0 Å². The van der Waals surface area contributed by atoms with Crippen molar-refractivity contribution in [2.45, 2.75) is 25.8 Å². The van der Waals surface area contributed by atoms with Crippen LogP contribution in [0.5, 0.6) is 0 Å². The second-order valence-electron chi connectivity index (χ2n) is 2.67. The molecule has 1 atom stereocenters. The van der Waals surface area contributed by atoms with Crippen LogP contribution >= 0.6 is 0 Å². The zero-order chi connectivity index (χ0) is 7.56. The van der Waals surface area contributed by atoms with Crippen molar-refractivity contribution in [2.75, 3.05) is 13.7 Å². The highest BCUT2D eigenvalue weighted by molar-refractivity contribution is 5.79. The molecule has 58 valence electrons. The lowest BCUT2D eigenvalue weighted by Crippen LogP contribution is -2.39. The Kier molecular flexibility index (Phi) is 2.40. The molecule has 1 saturated heterocycles. The minimum Gasteiger partial charge on any atom is -0.302 e. The van der Waals surface area contributed by atoms with E-state index in [9.17, 15) is 4.79 Å². The van der Waals surface area contributed by atoms with Crippen molar-refractivity contribution in [3.8, 4) is 0 Å². The van der Waals surface area contributed by atoms with Crippen LogP contribution in [0.2, 0.25) is 0 Å². The van der Waals surface area contributed by atoms with Gasteiger partial charge in [0.25, 0.3) is 0 Å². The van der Waals surface area contributed by atoms with Gasteiger partial charge in [-0.15, -0.1) is 0 Å². The summed E-state index contributed by atoms with van der Waals surface area (Å²) in [5, 5.41) is 1.85. The minimum absolute atomic E-state index is 0.256. The van der Waals surface area contributed by atoms with Crippen molar-refractivity contribution in [1.29, 1.82) is 0 Å². The van der Waals surface area contributed by atoms with Crippen molar-refractivity contribution >= 4 is 5.78 Å². The smallest absolute Gasteiger partial charge is 0.135 e. The van der Waals surface area contributed by atoms with Crippen LogP contribution in [0.25, 0.3) is 0 Å². The minimum atomic E-state index is 0.256. The second-order valence-corrected chi connectivity index (χ2v) is 2.67.